The van der Waals surface area contributed by atoms with Crippen molar-refractivity contribution in [3.8, 4) is 0 Å². The molecule has 0 saturated carbocycles. The van der Waals surface area contributed by atoms with E-state index in [1.165, 1.54) is 0 Å². The highest BCUT2D eigenvalue weighted by Gasteiger charge is 2.04. The van der Waals surface area contributed by atoms with E-state index in [-0.39, 0.29) is 11.4 Å². The second-order valence-corrected chi connectivity index (χ2v) is 2.90. The SMILES string of the molecule is CCC(=O)C(C=O)=Cc1ccccc1. The van der Waals surface area contributed by atoms with Crippen molar-refractivity contribution in [3.05, 3.63) is 41.5 Å². The summed E-state index contributed by atoms with van der Waals surface area (Å²) in [6.07, 6.45) is 2.58. The van der Waals surface area contributed by atoms with Gasteiger partial charge < -0.3 is 0 Å². The molecule has 0 unspecified atom stereocenters. The van der Waals surface area contributed by atoms with Crippen LogP contribution in [0.3, 0.4) is 0 Å². The molecule has 0 atom stereocenters. The zero-order valence-corrected chi connectivity index (χ0v) is 8.07. The lowest BCUT2D eigenvalue weighted by Crippen LogP contribution is -2.01. The Morgan fingerprint density at radius 1 is 1.29 bits per heavy atom. The number of benzene rings is 1. The van der Waals surface area contributed by atoms with E-state index in [4.69, 9.17) is 0 Å². The fourth-order valence-electron chi connectivity index (χ4n) is 1.11. The van der Waals surface area contributed by atoms with Crippen molar-refractivity contribution in [1.29, 1.82) is 0 Å². The second kappa shape index (κ2) is 5.12. The quantitative estimate of drug-likeness (QED) is 0.314. The van der Waals surface area contributed by atoms with Crippen molar-refractivity contribution < 1.29 is 9.59 Å². The van der Waals surface area contributed by atoms with E-state index in [1.807, 2.05) is 30.3 Å². The van der Waals surface area contributed by atoms with Crippen LogP contribution < -0.4 is 0 Å². The molecule has 2 nitrogen and oxygen atoms in total. The third-order valence-electron chi connectivity index (χ3n) is 1.89. The lowest BCUT2D eigenvalue weighted by Gasteiger charge is -1.96. The minimum Gasteiger partial charge on any atom is -0.298 e. The number of carbonyl (C=O) groups excluding carboxylic acids is 2. The summed E-state index contributed by atoms with van der Waals surface area (Å²) < 4.78 is 0. The van der Waals surface area contributed by atoms with Crippen LogP contribution in [-0.4, -0.2) is 12.1 Å². The molecule has 0 bridgehead atoms. The molecule has 14 heavy (non-hydrogen) atoms. The normalized spacial score (nSPS) is 11.1. The minimum atomic E-state index is -0.121. The molecule has 1 aromatic rings. The molecule has 2 heteroatoms. The van der Waals surface area contributed by atoms with Crippen LogP contribution in [0.1, 0.15) is 18.9 Å². The van der Waals surface area contributed by atoms with Gasteiger partial charge in [0.05, 0.1) is 5.57 Å². The predicted octanol–water partition coefficient (Wildman–Crippen LogP) is 2.25. The Balaban J connectivity index is 2.95. The molecule has 0 N–H and O–H groups in total. The monoisotopic (exact) mass is 188 g/mol. The summed E-state index contributed by atoms with van der Waals surface area (Å²) in [6, 6.07) is 9.33. The zero-order chi connectivity index (χ0) is 10.4. The van der Waals surface area contributed by atoms with Gasteiger partial charge >= 0.3 is 0 Å². The van der Waals surface area contributed by atoms with Crippen molar-refractivity contribution in [2.45, 2.75) is 13.3 Å². The summed E-state index contributed by atoms with van der Waals surface area (Å²) >= 11 is 0. The summed E-state index contributed by atoms with van der Waals surface area (Å²) in [5.74, 6) is -0.121. The van der Waals surface area contributed by atoms with E-state index in [1.54, 1.807) is 13.0 Å². The van der Waals surface area contributed by atoms with Crippen LogP contribution in [0.25, 0.3) is 6.08 Å². The maximum absolute atomic E-state index is 11.2. The first-order chi connectivity index (χ1) is 6.77. The lowest BCUT2D eigenvalue weighted by atomic mass is 10.1. The van der Waals surface area contributed by atoms with Gasteiger partial charge in [-0.1, -0.05) is 37.3 Å². The Bertz CT molecular complexity index is 350. The highest BCUT2D eigenvalue weighted by Crippen LogP contribution is 2.06. The molecular formula is C12H12O2. The molecule has 0 aliphatic heterocycles. The van der Waals surface area contributed by atoms with Gasteiger partial charge in [0.15, 0.2) is 12.1 Å². The molecule has 0 saturated heterocycles. The maximum Gasteiger partial charge on any atom is 0.165 e. The van der Waals surface area contributed by atoms with Crippen LogP contribution in [0.4, 0.5) is 0 Å². The zero-order valence-electron chi connectivity index (χ0n) is 8.07. The number of aldehydes is 1. The van der Waals surface area contributed by atoms with Crippen LogP contribution in [0, 0.1) is 0 Å². The predicted molar refractivity (Wildman–Crippen MR) is 55.8 cm³/mol. The van der Waals surface area contributed by atoms with Gasteiger partial charge in [0.25, 0.3) is 0 Å². The molecule has 0 spiro atoms. The molecular weight excluding hydrogens is 176 g/mol. The molecule has 0 fully saturated rings. The van der Waals surface area contributed by atoms with E-state index >= 15 is 0 Å². The standard InChI is InChI=1S/C12H12O2/c1-2-12(14)11(9-13)8-10-6-4-3-5-7-10/h3-9H,2H2,1H3. The van der Waals surface area contributed by atoms with Crippen molar-refractivity contribution in [2.24, 2.45) is 0 Å². The third-order valence-corrected chi connectivity index (χ3v) is 1.89. The van der Waals surface area contributed by atoms with Crippen molar-refractivity contribution in [1.82, 2.24) is 0 Å². The van der Waals surface area contributed by atoms with Crippen LogP contribution in [0.2, 0.25) is 0 Å². The Morgan fingerprint density at radius 3 is 2.43 bits per heavy atom. The van der Waals surface area contributed by atoms with Gasteiger partial charge in [-0.15, -0.1) is 0 Å². The van der Waals surface area contributed by atoms with Gasteiger partial charge in [-0.2, -0.15) is 0 Å². The summed E-state index contributed by atoms with van der Waals surface area (Å²) in [6.45, 7) is 1.74. The van der Waals surface area contributed by atoms with E-state index < -0.39 is 0 Å². The summed E-state index contributed by atoms with van der Waals surface area (Å²) in [5, 5.41) is 0. The van der Waals surface area contributed by atoms with E-state index in [9.17, 15) is 9.59 Å². The molecule has 0 aromatic heterocycles. The van der Waals surface area contributed by atoms with Gasteiger partial charge in [-0.3, -0.25) is 9.59 Å². The topological polar surface area (TPSA) is 34.1 Å². The summed E-state index contributed by atoms with van der Waals surface area (Å²) in [7, 11) is 0. The van der Waals surface area contributed by atoms with Crippen molar-refractivity contribution >= 4 is 18.1 Å². The highest BCUT2D eigenvalue weighted by atomic mass is 16.1. The first-order valence-corrected chi connectivity index (χ1v) is 4.53. The highest BCUT2D eigenvalue weighted by molar-refractivity contribution is 6.15. The number of ketones is 1. The van der Waals surface area contributed by atoms with Crippen LogP contribution in [0.5, 0.6) is 0 Å². The van der Waals surface area contributed by atoms with Gasteiger partial charge in [-0.05, 0) is 11.6 Å². The second-order valence-electron chi connectivity index (χ2n) is 2.90. The van der Waals surface area contributed by atoms with Crippen LogP contribution >= 0.6 is 0 Å². The first kappa shape index (κ1) is 10.4. The number of hydrogen-bond acceptors (Lipinski definition) is 2. The Morgan fingerprint density at radius 2 is 1.93 bits per heavy atom. The molecule has 0 aliphatic rings. The largest absolute Gasteiger partial charge is 0.298 e. The first-order valence-electron chi connectivity index (χ1n) is 4.53. The fourth-order valence-corrected chi connectivity index (χ4v) is 1.11. The maximum atomic E-state index is 11.2. The smallest absolute Gasteiger partial charge is 0.165 e. The fraction of sp³-hybridized carbons (Fsp3) is 0.167. The van der Waals surface area contributed by atoms with E-state index in [0.29, 0.717) is 12.7 Å². The summed E-state index contributed by atoms with van der Waals surface area (Å²) in [4.78, 5) is 21.9. The van der Waals surface area contributed by atoms with Crippen molar-refractivity contribution in [3.63, 3.8) is 0 Å². The third kappa shape index (κ3) is 2.66. The Labute approximate surface area is 83.3 Å². The van der Waals surface area contributed by atoms with Gasteiger partial charge in [0.2, 0.25) is 0 Å². The lowest BCUT2D eigenvalue weighted by molar-refractivity contribution is -0.117. The number of carbonyl (C=O) groups is 2. The van der Waals surface area contributed by atoms with E-state index in [0.717, 1.165) is 5.56 Å². The van der Waals surface area contributed by atoms with Gasteiger partial charge in [0.1, 0.15) is 0 Å². The van der Waals surface area contributed by atoms with Crippen LogP contribution in [-0.2, 0) is 9.59 Å². The molecule has 0 aliphatic carbocycles. The average molecular weight is 188 g/mol. The Kier molecular flexibility index (Phi) is 3.80. The van der Waals surface area contributed by atoms with Crippen molar-refractivity contribution in [2.75, 3.05) is 0 Å². The van der Waals surface area contributed by atoms with Crippen LogP contribution in [0.15, 0.2) is 35.9 Å². The van der Waals surface area contributed by atoms with Gasteiger partial charge in [-0.25, -0.2) is 0 Å². The molecule has 0 heterocycles. The molecule has 1 rings (SSSR count). The number of allylic oxidation sites excluding steroid dienone is 1. The molecule has 0 radical (unpaired) electrons. The number of Topliss-reactive ketones (excluding diaryl/α,β-unsaturated/α-hetero) is 1. The summed E-state index contributed by atoms with van der Waals surface area (Å²) in [5.41, 5.74) is 1.11. The number of hydrogen-bond donors (Lipinski definition) is 0. The number of rotatable bonds is 4. The average Bonchev–Trinajstić information content (AvgIpc) is 2.26. The molecule has 0 amide bonds. The van der Waals surface area contributed by atoms with E-state index in [2.05, 4.69) is 0 Å². The minimum absolute atomic E-state index is 0.121. The van der Waals surface area contributed by atoms with Gasteiger partial charge in [0, 0.05) is 6.42 Å². The molecule has 1 aromatic carbocycles. The molecule has 72 valence electrons. The Hall–Kier alpha value is -1.70.